The van der Waals surface area contributed by atoms with Gasteiger partial charge in [0, 0.05) is 18.9 Å². The molecule has 1 aromatic heterocycles. The first kappa shape index (κ1) is 18.0. The van der Waals surface area contributed by atoms with E-state index in [0.717, 1.165) is 11.0 Å². The molecule has 2 N–H and O–H groups in total. The summed E-state index contributed by atoms with van der Waals surface area (Å²) >= 11 is 1.23. The number of hydrogen-bond acceptors (Lipinski definition) is 6. The number of thiazole rings is 1. The number of amides is 2. The first-order valence-corrected chi connectivity index (χ1v) is 10.2. The van der Waals surface area contributed by atoms with E-state index in [-0.39, 0.29) is 16.4 Å². The van der Waals surface area contributed by atoms with Crippen molar-refractivity contribution in [1.29, 1.82) is 0 Å². The van der Waals surface area contributed by atoms with Crippen molar-refractivity contribution in [1.82, 2.24) is 4.98 Å². The topological polar surface area (TPSA) is 105 Å². The van der Waals surface area contributed by atoms with E-state index in [2.05, 4.69) is 15.6 Å². The predicted octanol–water partition coefficient (Wildman–Crippen LogP) is 2.91. The van der Waals surface area contributed by atoms with Gasteiger partial charge in [-0.15, -0.1) is 0 Å². The van der Waals surface area contributed by atoms with Crippen molar-refractivity contribution in [2.45, 2.75) is 11.8 Å². The van der Waals surface area contributed by atoms with Gasteiger partial charge in [0.2, 0.25) is 5.91 Å². The molecule has 0 aliphatic heterocycles. The standard InChI is InChI=1S/C17H15N3O4S2/c1-10(21)18-11-7-8-13-14(9-11)25-17(19-13)20-16(22)12-5-3-4-6-15(12)26(2,23)24/h3-9H,1-2H3,(H,18,21)(H,19,20,22). The number of rotatable bonds is 4. The predicted molar refractivity (Wildman–Crippen MR) is 101 cm³/mol. The summed E-state index contributed by atoms with van der Waals surface area (Å²) in [5.74, 6) is -0.730. The number of nitrogens with zero attached hydrogens (tertiary/aromatic N) is 1. The second-order valence-electron chi connectivity index (χ2n) is 5.61. The summed E-state index contributed by atoms with van der Waals surface area (Å²) in [6.07, 6.45) is 1.06. The van der Waals surface area contributed by atoms with Gasteiger partial charge in [0.25, 0.3) is 5.91 Å². The molecule has 26 heavy (non-hydrogen) atoms. The normalized spacial score (nSPS) is 11.3. The van der Waals surface area contributed by atoms with Crippen molar-refractivity contribution >= 4 is 54.0 Å². The summed E-state index contributed by atoms with van der Waals surface area (Å²) in [6, 6.07) is 11.2. The number of fused-ring (bicyclic) bond motifs is 1. The summed E-state index contributed by atoms with van der Waals surface area (Å²) in [6.45, 7) is 1.42. The number of sulfone groups is 1. The van der Waals surface area contributed by atoms with Crippen molar-refractivity contribution in [3.63, 3.8) is 0 Å². The number of hydrogen-bond donors (Lipinski definition) is 2. The van der Waals surface area contributed by atoms with Gasteiger partial charge in [0.1, 0.15) is 0 Å². The van der Waals surface area contributed by atoms with Crippen LogP contribution in [0.15, 0.2) is 47.4 Å². The quantitative estimate of drug-likeness (QED) is 0.714. The molecule has 2 aromatic carbocycles. The lowest BCUT2D eigenvalue weighted by molar-refractivity contribution is -0.114. The van der Waals surface area contributed by atoms with Gasteiger partial charge < -0.3 is 5.32 Å². The molecule has 0 bridgehead atoms. The van der Waals surface area contributed by atoms with Gasteiger partial charge in [-0.2, -0.15) is 0 Å². The first-order valence-electron chi connectivity index (χ1n) is 7.52. The largest absolute Gasteiger partial charge is 0.326 e. The van der Waals surface area contributed by atoms with Gasteiger partial charge in [-0.3, -0.25) is 14.9 Å². The molecule has 0 radical (unpaired) electrons. The lowest BCUT2D eigenvalue weighted by atomic mass is 10.2. The number of carbonyl (C=O) groups excluding carboxylic acids is 2. The molecule has 0 saturated heterocycles. The number of benzene rings is 2. The van der Waals surface area contributed by atoms with Crippen molar-refractivity contribution in [2.75, 3.05) is 16.9 Å². The fraction of sp³-hybridized carbons (Fsp3) is 0.118. The SMILES string of the molecule is CC(=O)Nc1ccc2nc(NC(=O)c3ccccc3S(C)(=O)=O)sc2c1. The highest BCUT2D eigenvalue weighted by Crippen LogP contribution is 2.29. The lowest BCUT2D eigenvalue weighted by Crippen LogP contribution is -2.15. The van der Waals surface area contributed by atoms with Crippen LogP contribution in [0.1, 0.15) is 17.3 Å². The minimum atomic E-state index is -3.53. The molecule has 7 nitrogen and oxygen atoms in total. The van der Waals surface area contributed by atoms with E-state index in [9.17, 15) is 18.0 Å². The van der Waals surface area contributed by atoms with E-state index in [1.54, 1.807) is 30.3 Å². The molecule has 0 aliphatic rings. The molecule has 0 saturated carbocycles. The molecule has 3 rings (SSSR count). The summed E-state index contributed by atoms with van der Waals surface area (Å²) in [5, 5.41) is 5.66. The first-order chi connectivity index (χ1) is 12.2. The molecule has 0 spiro atoms. The van der Waals surface area contributed by atoms with Crippen LogP contribution in [0.2, 0.25) is 0 Å². The van der Waals surface area contributed by atoms with Crippen LogP contribution in [0.3, 0.4) is 0 Å². The maximum absolute atomic E-state index is 12.5. The highest BCUT2D eigenvalue weighted by Gasteiger charge is 2.19. The average molecular weight is 389 g/mol. The minimum Gasteiger partial charge on any atom is -0.326 e. The van der Waals surface area contributed by atoms with Gasteiger partial charge in [-0.1, -0.05) is 23.5 Å². The molecule has 0 fully saturated rings. The van der Waals surface area contributed by atoms with Crippen molar-refractivity contribution < 1.29 is 18.0 Å². The maximum Gasteiger partial charge on any atom is 0.258 e. The second-order valence-corrected chi connectivity index (χ2v) is 8.62. The molecule has 2 amide bonds. The highest BCUT2D eigenvalue weighted by atomic mass is 32.2. The molecule has 134 valence electrons. The smallest absolute Gasteiger partial charge is 0.258 e. The van der Waals surface area contributed by atoms with Crippen LogP contribution in [-0.2, 0) is 14.6 Å². The zero-order chi connectivity index (χ0) is 18.9. The van der Waals surface area contributed by atoms with Gasteiger partial charge in [-0.05, 0) is 30.3 Å². The van der Waals surface area contributed by atoms with E-state index in [1.165, 1.54) is 30.4 Å². The Morgan fingerprint density at radius 1 is 1.08 bits per heavy atom. The van der Waals surface area contributed by atoms with Crippen LogP contribution in [0.5, 0.6) is 0 Å². The van der Waals surface area contributed by atoms with Gasteiger partial charge >= 0.3 is 0 Å². The van der Waals surface area contributed by atoms with Crippen LogP contribution in [0, 0.1) is 0 Å². The molecule has 1 heterocycles. The summed E-state index contributed by atoms with van der Waals surface area (Å²) in [7, 11) is -3.53. The molecule has 3 aromatic rings. The van der Waals surface area contributed by atoms with Crippen molar-refractivity contribution in [3.8, 4) is 0 Å². The fourth-order valence-electron chi connectivity index (χ4n) is 2.40. The van der Waals surface area contributed by atoms with Crippen LogP contribution in [0.4, 0.5) is 10.8 Å². The Morgan fingerprint density at radius 3 is 2.50 bits per heavy atom. The molecular formula is C17H15N3O4S2. The van der Waals surface area contributed by atoms with Crippen molar-refractivity contribution in [3.05, 3.63) is 48.0 Å². The third-order valence-electron chi connectivity index (χ3n) is 3.46. The molecule has 9 heteroatoms. The fourth-order valence-corrected chi connectivity index (χ4v) is 4.19. The van der Waals surface area contributed by atoms with E-state index in [1.807, 2.05) is 0 Å². The average Bonchev–Trinajstić information content (AvgIpc) is 2.95. The Morgan fingerprint density at radius 2 is 1.81 bits per heavy atom. The van der Waals surface area contributed by atoms with Gasteiger partial charge in [0.05, 0.1) is 20.7 Å². The number of anilines is 2. The molecule has 0 aliphatic carbocycles. The highest BCUT2D eigenvalue weighted by molar-refractivity contribution is 7.90. The van der Waals surface area contributed by atoms with Crippen LogP contribution in [0.25, 0.3) is 10.2 Å². The zero-order valence-electron chi connectivity index (χ0n) is 13.9. The van der Waals surface area contributed by atoms with Crippen molar-refractivity contribution in [2.24, 2.45) is 0 Å². The Bertz CT molecular complexity index is 1120. The van der Waals surface area contributed by atoms with Gasteiger partial charge in [-0.25, -0.2) is 13.4 Å². The summed E-state index contributed by atoms with van der Waals surface area (Å²) in [5.41, 5.74) is 1.36. The molecular weight excluding hydrogens is 374 g/mol. The summed E-state index contributed by atoms with van der Waals surface area (Å²) in [4.78, 5) is 27.9. The van der Waals surface area contributed by atoms with Gasteiger partial charge in [0.15, 0.2) is 15.0 Å². The number of carbonyl (C=O) groups is 2. The van der Waals surface area contributed by atoms with E-state index in [4.69, 9.17) is 0 Å². The minimum absolute atomic E-state index is 0.0356. The van der Waals surface area contributed by atoms with Crippen LogP contribution < -0.4 is 10.6 Å². The second kappa shape index (κ2) is 6.85. The van der Waals surface area contributed by atoms with E-state index >= 15 is 0 Å². The molecule has 0 atom stereocenters. The van der Waals surface area contributed by atoms with Crippen LogP contribution in [-0.4, -0.2) is 31.5 Å². The molecule has 0 unspecified atom stereocenters. The van der Waals surface area contributed by atoms with Crippen LogP contribution >= 0.6 is 11.3 Å². The van der Waals surface area contributed by atoms with E-state index < -0.39 is 15.7 Å². The number of nitrogens with one attached hydrogen (secondary N) is 2. The Hall–Kier alpha value is -2.78. The Kier molecular flexibility index (Phi) is 4.75. The zero-order valence-corrected chi connectivity index (χ0v) is 15.6. The monoisotopic (exact) mass is 389 g/mol. The van der Waals surface area contributed by atoms with E-state index in [0.29, 0.717) is 16.3 Å². The maximum atomic E-state index is 12.5. The third kappa shape index (κ3) is 3.89. The number of aromatic nitrogens is 1. The Balaban J connectivity index is 1.90. The lowest BCUT2D eigenvalue weighted by Gasteiger charge is -2.06. The third-order valence-corrected chi connectivity index (χ3v) is 5.55. The summed E-state index contributed by atoms with van der Waals surface area (Å²) < 4.78 is 24.5. The Labute approximate surface area is 154 Å².